The highest BCUT2D eigenvalue weighted by molar-refractivity contribution is 5.92. The van der Waals surface area contributed by atoms with Crippen molar-refractivity contribution < 1.29 is 9.59 Å². The molecule has 2 aromatic carbocycles. The zero-order valence-corrected chi connectivity index (χ0v) is 14.8. The molecule has 0 radical (unpaired) electrons. The summed E-state index contributed by atoms with van der Waals surface area (Å²) in [6, 6.07) is 18.5. The van der Waals surface area contributed by atoms with Gasteiger partial charge in [0.15, 0.2) is 0 Å². The van der Waals surface area contributed by atoms with Crippen LogP contribution in [0.15, 0.2) is 54.6 Å². The van der Waals surface area contributed by atoms with Crippen molar-refractivity contribution in [1.82, 2.24) is 4.57 Å². The molecule has 0 unspecified atom stereocenters. The van der Waals surface area contributed by atoms with Crippen molar-refractivity contribution in [3.63, 3.8) is 0 Å². The molecule has 3 rings (SSSR count). The molecule has 3 nitrogen and oxygen atoms in total. The van der Waals surface area contributed by atoms with E-state index in [1.54, 1.807) is 13.8 Å². The number of hydrogen-bond donors (Lipinski definition) is 0. The quantitative estimate of drug-likeness (QED) is 0.622. The largest absolute Gasteiger partial charge is 0.340 e. The van der Waals surface area contributed by atoms with Gasteiger partial charge in [0.2, 0.25) is 0 Å². The van der Waals surface area contributed by atoms with Gasteiger partial charge in [0.25, 0.3) is 0 Å². The Morgan fingerprint density at radius 1 is 0.840 bits per heavy atom. The molecule has 0 aliphatic rings. The van der Waals surface area contributed by atoms with E-state index in [0.29, 0.717) is 25.8 Å². The number of fused-ring (bicyclic) bond motifs is 1. The minimum Gasteiger partial charge on any atom is -0.340 e. The summed E-state index contributed by atoms with van der Waals surface area (Å²) in [6.45, 7) is 3.92. The van der Waals surface area contributed by atoms with E-state index in [9.17, 15) is 9.59 Å². The summed E-state index contributed by atoms with van der Waals surface area (Å²) in [4.78, 5) is 23.1. The number of carbonyl (C=O) groups excluding carboxylic acids is 2. The highest BCUT2D eigenvalue weighted by atomic mass is 16.1. The van der Waals surface area contributed by atoms with Crippen molar-refractivity contribution >= 4 is 22.5 Å². The first-order valence-corrected chi connectivity index (χ1v) is 8.72. The van der Waals surface area contributed by atoms with Crippen LogP contribution < -0.4 is 0 Å². The molecule has 0 spiro atoms. The van der Waals surface area contributed by atoms with Gasteiger partial charge >= 0.3 is 0 Å². The molecule has 1 aromatic heterocycles. The molecule has 0 bridgehead atoms. The van der Waals surface area contributed by atoms with Gasteiger partial charge in [-0.05, 0) is 37.5 Å². The minimum atomic E-state index is 0.182. The number of benzene rings is 2. The summed E-state index contributed by atoms with van der Waals surface area (Å²) < 4.78 is 2.24. The SMILES string of the molecule is CC(=O)CCc1c(-c2ccccc2)n(CCC(C)=O)c2ccccc12. The Morgan fingerprint density at radius 2 is 1.48 bits per heavy atom. The van der Waals surface area contributed by atoms with E-state index in [1.807, 2.05) is 30.3 Å². The molecular weight excluding hydrogens is 310 g/mol. The van der Waals surface area contributed by atoms with Crippen LogP contribution in [0.1, 0.15) is 32.3 Å². The number of rotatable bonds is 7. The molecule has 0 saturated heterocycles. The van der Waals surface area contributed by atoms with Gasteiger partial charge in [-0.3, -0.25) is 4.79 Å². The molecule has 0 N–H and O–H groups in total. The Morgan fingerprint density at radius 3 is 2.16 bits per heavy atom. The van der Waals surface area contributed by atoms with E-state index in [0.717, 1.165) is 16.8 Å². The van der Waals surface area contributed by atoms with E-state index < -0.39 is 0 Å². The maximum absolute atomic E-state index is 11.6. The molecule has 128 valence electrons. The maximum Gasteiger partial charge on any atom is 0.131 e. The first-order valence-electron chi connectivity index (χ1n) is 8.72. The maximum atomic E-state index is 11.6. The molecule has 0 atom stereocenters. The normalized spacial score (nSPS) is 11.0. The van der Waals surface area contributed by atoms with Gasteiger partial charge in [-0.25, -0.2) is 0 Å². The van der Waals surface area contributed by atoms with Gasteiger partial charge in [-0.15, -0.1) is 0 Å². The van der Waals surface area contributed by atoms with Gasteiger partial charge < -0.3 is 9.36 Å². The van der Waals surface area contributed by atoms with Crippen LogP contribution in [0.2, 0.25) is 0 Å². The van der Waals surface area contributed by atoms with Crippen molar-refractivity contribution in [2.75, 3.05) is 0 Å². The van der Waals surface area contributed by atoms with Crippen LogP contribution in [0.25, 0.3) is 22.2 Å². The van der Waals surface area contributed by atoms with Crippen LogP contribution in [0.5, 0.6) is 0 Å². The molecule has 0 saturated carbocycles. The van der Waals surface area contributed by atoms with Gasteiger partial charge in [0.1, 0.15) is 11.6 Å². The summed E-state index contributed by atoms with van der Waals surface area (Å²) in [5.41, 5.74) is 4.58. The Labute approximate surface area is 148 Å². The lowest BCUT2D eigenvalue weighted by molar-refractivity contribution is -0.117. The number of ketones is 2. The Bertz CT molecular complexity index is 851. The van der Waals surface area contributed by atoms with Crippen molar-refractivity contribution in [2.24, 2.45) is 0 Å². The van der Waals surface area contributed by atoms with Gasteiger partial charge in [0, 0.05) is 30.3 Å². The molecule has 25 heavy (non-hydrogen) atoms. The average Bonchev–Trinajstić information content (AvgIpc) is 2.92. The third kappa shape index (κ3) is 3.71. The third-order valence-electron chi connectivity index (χ3n) is 4.54. The smallest absolute Gasteiger partial charge is 0.131 e. The molecular formula is C22H23NO2. The summed E-state index contributed by atoms with van der Waals surface area (Å²) in [6.07, 6.45) is 1.75. The molecule has 0 fully saturated rings. The molecule has 0 aliphatic heterocycles. The number of aryl methyl sites for hydroxylation is 2. The molecule has 3 aromatic rings. The topological polar surface area (TPSA) is 39.1 Å². The number of carbonyl (C=O) groups is 2. The van der Waals surface area contributed by atoms with E-state index in [4.69, 9.17) is 0 Å². The number of aromatic nitrogens is 1. The van der Waals surface area contributed by atoms with Crippen LogP contribution in [-0.4, -0.2) is 16.1 Å². The molecule has 1 heterocycles. The predicted octanol–water partition coefficient (Wildman–Crippen LogP) is 4.81. The van der Waals surface area contributed by atoms with E-state index in [2.05, 4.69) is 28.8 Å². The van der Waals surface area contributed by atoms with Crippen LogP contribution in [0.3, 0.4) is 0 Å². The number of para-hydroxylation sites is 1. The first kappa shape index (κ1) is 17.2. The molecule has 0 aliphatic carbocycles. The lowest BCUT2D eigenvalue weighted by Crippen LogP contribution is -2.05. The highest BCUT2D eigenvalue weighted by Crippen LogP contribution is 2.35. The summed E-state index contributed by atoms with van der Waals surface area (Å²) in [7, 11) is 0. The van der Waals surface area contributed by atoms with Crippen LogP contribution in [0.4, 0.5) is 0 Å². The van der Waals surface area contributed by atoms with E-state index >= 15 is 0 Å². The third-order valence-corrected chi connectivity index (χ3v) is 4.54. The fourth-order valence-corrected chi connectivity index (χ4v) is 3.36. The average molecular weight is 333 g/mol. The standard InChI is InChI=1S/C22H23NO2/c1-16(24)12-13-20-19-10-6-7-11-21(19)23(15-14-17(2)25)22(20)18-8-4-3-5-9-18/h3-11H,12-15H2,1-2H3. The Kier molecular flexibility index (Phi) is 5.13. The monoisotopic (exact) mass is 333 g/mol. The van der Waals surface area contributed by atoms with Crippen molar-refractivity contribution in [1.29, 1.82) is 0 Å². The highest BCUT2D eigenvalue weighted by Gasteiger charge is 2.18. The second kappa shape index (κ2) is 7.47. The lowest BCUT2D eigenvalue weighted by atomic mass is 10.00. The Hall–Kier alpha value is -2.68. The number of hydrogen-bond acceptors (Lipinski definition) is 2. The van der Waals surface area contributed by atoms with E-state index in [1.165, 1.54) is 10.9 Å². The lowest BCUT2D eigenvalue weighted by Gasteiger charge is -2.12. The van der Waals surface area contributed by atoms with Gasteiger partial charge in [-0.2, -0.15) is 0 Å². The fraction of sp³-hybridized carbons (Fsp3) is 0.273. The second-order valence-electron chi connectivity index (χ2n) is 6.52. The van der Waals surface area contributed by atoms with Crippen LogP contribution >= 0.6 is 0 Å². The predicted molar refractivity (Wildman–Crippen MR) is 102 cm³/mol. The first-order chi connectivity index (χ1) is 12.1. The zero-order valence-electron chi connectivity index (χ0n) is 14.8. The summed E-state index contributed by atoms with van der Waals surface area (Å²) in [5.74, 6) is 0.377. The van der Waals surface area contributed by atoms with Crippen LogP contribution in [0, 0.1) is 0 Å². The van der Waals surface area contributed by atoms with Crippen molar-refractivity contribution in [2.45, 2.75) is 39.7 Å². The number of Topliss-reactive ketones (excluding diaryl/α,β-unsaturated/α-hetero) is 2. The van der Waals surface area contributed by atoms with E-state index in [-0.39, 0.29) is 11.6 Å². The fourth-order valence-electron chi connectivity index (χ4n) is 3.36. The minimum absolute atomic E-state index is 0.182. The van der Waals surface area contributed by atoms with Crippen molar-refractivity contribution in [3.8, 4) is 11.3 Å². The summed E-state index contributed by atoms with van der Waals surface area (Å²) in [5, 5.41) is 1.17. The zero-order chi connectivity index (χ0) is 17.8. The Balaban J connectivity index is 2.22. The van der Waals surface area contributed by atoms with Crippen LogP contribution in [-0.2, 0) is 22.6 Å². The molecule has 3 heteroatoms. The second-order valence-corrected chi connectivity index (χ2v) is 6.52. The summed E-state index contributed by atoms with van der Waals surface area (Å²) >= 11 is 0. The van der Waals surface area contributed by atoms with Gasteiger partial charge in [0.05, 0.1) is 5.69 Å². The molecule has 0 amide bonds. The van der Waals surface area contributed by atoms with Crippen molar-refractivity contribution in [3.05, 3.63) is 60.2 Å². The van der Waals surface area contributed by atoms with Gasteiger partial charge in [-0.1, -0.05) is 48.5 Å². The number of nitrogens with zero attached hydrogens (tertiary/aromatic N) is 1.